The number of aromatic nitrogens is 1. The lowest BCUT2D eigenvalue weighted by Crippen LogP contribution is -2.12. The Morgan fingerprint density at radius 2 is 1.69 bits per heavy atom. The first kappa shape index (κ1) is 23.8. The molecule has 4 rings (SSSR count). The third-order valence-electron chi connectivity index (χ3n) is 5.43. The summed E-state index contributed by atoms with van der Waals surface area (Å²) < 4.78 is 11.6. The Morgan fingerprint density at radius 1 is 1.00 bits per heavy atom. The second kappa shape index (κ2) is 11.7. The summed E-state index contributed by atoms with van der Waals surface area (Å²) in [7, 11) is 0. The lowest BCUT2D eigenvalue weighted by Gasteiger charge is -2.09. The zero-order chi connectivity index (χ0) is 24.5. The zero-order valence-electron chi connectivity index (χ0n) is 19.3. The number of aliphatic carboxylic acids is 1. The molecule has 0 fully saturated rings. The number of oxazole rings is 1. The van der Waals surface area contributed by atoms with Crippen LogP contribution in [-0.2, 0) is 22.8 Å². The van der Waals surface area contributed by atoms with E-state index in [0.29, 0.717) is 18.2 Å². The van der Waals surface area contributed by atoms with Gasteiger partial charge in [-0.05, 0) is 42.3 Å². The van der Waals surface area contributed by atoms with Crippen LogP contribution in [0.4, 0.5) is 0 Å². The molecule has 0 radical (unpaired) electrons. The summed E-state index contributed by atoms with van der Waals surface area (Å²) >= 11 is 0. The lowest BCUT2D eigenvalue weighted by atomic mass is 9.97. The Morgan fingerprint density at radius 3 is 2.37 bits per heavy atom. The van der Waals surface area contributed by atoms with E-state index in [9.17, 15) is 9.90 Å². The molecule has 7 nitrogen and oxygen atoms in total. The van der Waals surface area contributed by atoms with Crippen molar-refractivity contribution in [1.29, 1.82) is 0 Å². The quantitative estimate of drug-likeness (QED) is 0.214. The van der Waals surface area contributed by atoms with Gasteiger partial charge in [-0.2, -0.15) is 0 Å². The summed E-state index contributed by atoms with van der Waals surface area (Å²) in [5, 5.41) is 13.4. The van der Waals surface area contributed by atoms with Crippen LogP contribution in [0.25, 0.3) is 11.5 Å². The van der Waals surface area contributed by atoms with Crippen LogP contribution in [0, 0.1) is 6.92 Å². The standard InChI is InChI=1S/C28H26N2O5/c1-20-26(30-27(35-20)23-10-6-3-7-11-23)19-33-24-14-12-21(13-15-24)18-34-29-17-16-25(28(31)32)22-8-4-2-5-9-22/h2-15,17,25H,16,18-19H2,1H3,(H,31,32). The molecule has 1 unspecified atom stereocenters. The van der Waals surface area contributed by atoms with Crippen LogP contribution in [0.1, 0.15) is 34.9 Å². The third-order valence-corrected chi connectivity index (χ3v) is 5.43. The molecular weight excluding hydrogens is 444 g/mol. The molecule has 4 aromatic rings. The van der Waals surface area contributed by atoms with E-state index in [-0.39, 0.29) is 13.0 Å². The molecule has 1 atom stereocenters. The van der Waals surface area contributed by atoms with Crippen molar-refractivity contribution < 1.29 is 23.9 Å². The highest BCUT2D eigenvalue weighted by atomic mass is 16.6. The number of nitrogens with zero attached hydrogens (tertiary/aromatic N) is 2. The fourth-order valence-corrected chi connectivity index (χ4v) is 3.48. The van der Waals surface area contributed by atoms with Crippen molar-refractivity contribution in [2.24, 2.45) is 5.16 Å². The van der Waals surface area contributed by atoms with Crippen molar-refractivity contribution in [3.05, 3.63) is 108 Å². The van der Waals surface area contributed by atoms with Gasteiger partial charge in [-0.1, -0.05) is 65.8 Å². The normalized spacial score (nSPS) is 11.9. The highest BCUT2D eigenvalue weighted by Crippen LogP contribution is 2.23. The SMILES string of the molecule is Cc1oc(-c2ccccc2)nc1COc1ccc(CON=CCC(C(=O)O)c2ccccc2)cc1. The lowest BCUT2D eigenvalue weighted by molar-refractivity contribution is -0.138. The van der Waals surface area contributed by atoms with Gasteiger partial charge in [-0.3, -0.25) is 4.79 Å². The average molecular weight is 471 g/mol. The van der Waals surface area contributed by atoms with Crippen LogP contribution in [0.3, 0.4) is 0 Å². The first-order valence-corrected chi connectivity index (χ1v) is 11.2. The molecule has 3 aromatic carbocycles. The number of hydrogen-bond acceptors (Lipinski definition) is 6. The van der Waals surface area contributed by atoms with Crippen molar-refractivity contribution in [2.45, 2.75) is 32.5 Å². The highest BCUT2D eigenvalue weighted by molar-refractivity contribution is 5.80. The minimum absolute atomic E-state index is 0.250. The minimum atomic E-state index is -0.893. The van der Waals surface area contributed by atoms with Gasteiger partial charge in [0.15, 0.2) is 0 Å². The van der Waals surface area contributed by atoms with E-state index in [2.05, 4.69) is 10.1 Å². The number of carboxylic acids is 1. The zero-order valence-corrected chi connectivity index (χ0v) is 19.3. The van der Waals surface area contributed by atoms with Crippen molar-refractivity contribution in [1.82, 2.24) is 4.98 Å². The van der Waals surface area contributed by atoms with E-state index in [1.807, 2.05) is 79.7 Å². The van der Waals surface area contributed by atoms with E-state index in [1.54, 1.807) is 12.1 Å². The Kier molecular flexibility index (Phi) is 7.91. The average Bonchev–Trinajstić information content (AvgIpc) is 3.27. The Hall–Kier alpha value is -4.39. The largest absolute Gasteiger partial charge is 0.487 e. The van der Waals surface area contributed by atoms with E-state index < -0.39 is 11.9 Å². The second-order valence-corrected chi connectivity index (χ2v) is 7.92. The van der Waals surface area contributed by atoms with Crippen LogP contribution in [0.5, 0.6) is 5.75 Å². The number of aryl methyl sites for hydroxylation is 1. The van der Waals surface area contributed by atoms with E-state index in [0.717, 1.165) is 28.1 Å². The van der Waals surface area contributed by atoms with E-state index in [4.69, 9.17) is 14.0 Å². The number of benzene rings is 3. The van der Waals surface area contributed by atoms with E-state index >= 15 is 0 Å². The van der Waals surface area contributed by atoms with Gasteiger partial charge < -0.3 is 19.1 Å². The van der Waals surface area contributed by atoms with Gasteiger partial charge >= 0.3 is 5.97 Å². The van der Waals surface area contributed by atoms with Crippen LogP contribution < -0.4 is 4.74 Å². The predicted molar refractivity (Wildman–Crippen MR) is 132 cm³/mol. The van der Waals surface area contributed by atoms with Gasteiger partial charge in [-0.15, -0.1) is 0 Å². The van der Waals surface area contributed by atoms with Crippen LogP contribution in [-0.4, -0.2) is 22.3 Å². The summed E-state index contributed by atoms with van der Waals surface area (Å²) in [6, 6.07) is 26.3. The first-order valence-electron chi connectivity index (χ1n) is 11.2. The molecule has 0 saturated carbocycles. The molecule has 0 aliphatic heterocycles. The summed E-state index contributed by atoms with van der Waals surface area (Å²) in [4.78, 5) is 21.4. The molecule has 178 valence electrons. The number of carbonyl (C=O) groups is 1. The molecule has 0 aliphatic rings. The number of carboxylic acid groups (broad SMARTS) is 1. The minimum Gasteiger partial charge on any atom is -0.487 e. The second-order valence-electron chi connectivity index (χ2n) is 7.92. The Labute approximate surface area is 203 Å². The van der Waals surface area contributed by atoms with Crippen molar-refractivity contribution in [2.75, 3.05) is 0 Å². The van der Waals surface area contributed by atoms with Crippen molar-refractivity contribution in [3.63, 3.8) is 0 Å². The molecule has 1 heterocycles. The summed E-state index contributed by atoms with van der Waals surface area (Å²) in [6.45, 7) is 2.44. The Bertz CT molecular complexity index is 1250. The molecule has 7 heteroatoms. The van der Waals surface area contributed by atoms with Gasteiger partial charge in [0.05, 0.1) is 5.92 Å². The van der Waals surface area contributed by atoms with E-state index in [1.165, 1.54) is 6.21 Å². The molecule has 1 N–H and O–H groups in total. The molecule has 0 bridgehead atoms. The number of rotatable bonds is 11. The summed E-state index contributed by atoms with van der Waals surface area (Å²) in [5.41, 5.74) is 3.32. The summed E-state index contributed by atoms with van der Waals surface area (Å²) in [6.07, 6.45) is 1.74. The molecule has 35 heavy (non-hydrogen) atoms. The maximum Gasteiger partial charge on any atom is 0.311 e. The maximum absolute atomic E-state index is 11.5. The van der Waals surface area contributed by atoms with Gasteiger partial charge in [0.25, 0.3) is 0 Å². The molecule has 1 aromatic heterocycles. The van der Waals surface area contributed by atoms with Crippen molar-refractivity contribution in [3.8, 4) is 17.2 Å². The van der Waals surface area contributed by atoms with Gasteiger partial charge in [0.2, 0.25) is 5.89 Å². The molecule has 0 aliphatic carbocycles. The highest BCUT2D eigenvalue weighted by Gasteiger charge is 2.18. The monoisotopic (exact) mass is 470 g/mol. The number of oxime groups is 1. The van der Waals surface area contributed by atoms with Gasteiger partial charge in [0, 0.05) is 18.2 Å². The summed E-state index contributed by atoms with van der Waals surface area (Å²) in [5.74, 6) is 0.456. The molecule has 0 amide bonds. The predicted octanol–water partition coefficient (Wildman–Crippen LogP) is 5.99. The number of ether oxygens (including phenoxy) is 1. The van der Waals surface area contributed by atoms with Crippen molar-refractivity contribution >= 4 is 12.2 Å². The molecular formula is C28H26N2O5. The van der Waals surface area contributed by atoms with Gasteiger partial charge in [0.1, 0.15) is 30.4 Å². The number of hydrogen-bond donors (Lipinski definition) is 1. The molecule has 0 saturated heterocycles. The maximum atomic E-state index is 11.5. The molecule has 0 spiro atoms. The smallest absolute Gasteiger partial charge is 0.311 e. The van der Waals surface area contributed by atoms with Crippen LogP contribution in [0.2, 0.25) is 0 Å². The first-order chi connectivity index (χ1) is 17.1. The van der Waals surface area contributed by atoms with Crippen LogP contribution >= 0.6 is 0 Å². The fraction of sp³-hybridized carbons (Fsp3) is 0.179. The third kappa shape index (κ3) is 6.57. The fourth-order valence-electron chi connectivity index (χ4n) is 3.48. The van der Waals surface area contributed by atoms with Gasteiger partial charge in [-0.25, -0.2) is 4.98 Å². The van der Waals surface area contributed by atoms with Crippen LogP contribution in [0.15, 0.2) is 94.5 Å². The topological polar surface area (TPSA) is 94.2 Å². The Balaban J connectivity index is 1.24.